The maximum absolute atomic E-state index is 12.9. The molecule has 0 aromatic carbocycles. The average Bonchev–Trinajstić information content (AvgIpc) is 2.78. The van der Waals surface area contributed by atoms with Crippen LogP contribution in [0.5, 0.6) is 0 Å². The van der Waals surface area contributed by atoms with Gasteiger partial charge in [-0.25, -0.2) is 9.24 Å². The third-order valence-corrected chi connectivity index (χ3v) is 5.17. The van der Waals surface area contributed by atoms with Gasteiger partial charge in [0.1, 0.15) is 0 Å². The molecule has 0 aliphatic carbocycles. The highest BCUT2D eigenvalue weighted by Crippen LogP contribution is 2.50. The van der Waals surface area contributed by atoms with E-state index in [0.717, 1.165) is 32.1 Å². The monoisotopic (exact) mass is 303 g/mol. The lowest BCUT2D eigenvalue weighted by Crippen LogP contribution is -2.19. The van der Waals surface area contributed by atoms with E-state index in [4.69, 9.17) is 10.3 Å². The smallest absolute Gasteiger partial charge is 0.368 e. The normalized spacial score (nSPS) is 14.7. The van der Waals surface area contributed by atoms with Gasteiger partial charge in [0.15, 0.2) is 5.82 Å². The van der Waals surface area contributed by atoms with Gasteiger partial charge >= 0.3 is 7.67 Å². The average molecular weight is 303 g/mol. The van der Waals surface area contributed by atoms with Gasteiger partial charge in [-0.1, -0.05) is 26.7 Å². The number of aromatic nitrogens is 3. The molecule has 0 amide bonds. The van der Waals surface area contributed by atoms with Crippen LogP contribution in [0.3, 0.4) is 0 Å². The van der Waals surface area contributed by atoms with Crippen molar-refractivity contribution in [2.45, 2.75) is 46.0 Å². The molecule has 1 aromatic rings. The van der Waals surface area contributed by atoms with Crippen LogP contribution in [0.4, 0.5) is 5.95 Å². The Balaban J connectivity index is 2.94. The fraction of sp³-hybridized carbons (Fsp3) is 0.833. The Hall–Kier alpha value is -0.910. The maximum atomic E-state index is 12.9. The summed E-state index contributed by atoms with van der Waals surface area (Å²) in [6, 6.07) is 0. The van der Waals surface area contributed by atoms with Crippen LogP contribution in [-0.2, 0) is 15.5 Å². The van der Waals surface area contributed by atoms with Gasteiger partial charge in [-0.3, -0.25) is 0 Å². The first-order valence-electron chi connectivity index (χ1n) is 7.10. The molecule has 0 bridgehead atoms. The van der Waals surface area contributed by atoms with E-state index in [1.165, 1.54) is 9.12 Å². The molecule has 1 atom stereocenters. The molecule has 20 heavy (non-hydrogen) atoms. The summed E-state index contributed by atoms with van der Waals surface area (Å²) in [5, 5.41) is 4.28. The van der Waals surface area contributed by atoms with Crippen LogP contribution in [0.25, 0.3) is 0 Å². The van der Waals surface area contributed by atoms with Crippen LogP contribution in [0, 0.1) is 0 Å². The van der Waals surface area contributed by atoms with Gasteiger partial charge in [0.25, 0.3) is 0 Å². The molecule has 1 rings (SSSR count). The van der Waals surface area contributed by atoms with Crippen molar-refractivity contribution in [3.63, 3.8) is 0 Å². The summed E-state index contributed by atoms with van der Waals surface area (Å²) >= 11 is 0. The van der Waals surface area contributed by atoms with Gasteiger partial charge in [0.2, 0.25) is 5.95 Å². The Morgan fingerprint density at radius 3 is 2.55 bits per heavy atom. The van der Waals surface area contributed by atoms with E-state index < -0.39 is 7.67 Å². The molecule has 0 saturated carbocycles. The van der Waals surface area contributed by atoms with Crippen LogP contribution in [0.2, 0.25) is 0 Å². The molecular weight excluding hydrogens is 277 g/mol. The van der Waals surface area contributed by atoms with Gasteiger partial charge in [-0.15, -0.1) is 9.55 Å². The molecule has 0 saturated heterocycles. The SMILES string of the molecule is CCCCCc1nc(N)n(P(=O)(OCCC)N(C)C)n1. The number of hydrogen-bond donors (Lipinski definition) is 1. The zero-order chi connectivity index (χ0) is 15.2. The fourth-order valence-electron chi connectivity index (χ4n) is 1.73. The van der Waals surface area contributed by atoms with Crippen molar-refractivity contribution >= 4 is 13.6 Å². The first kappa shape index (κ1) is 17.1. The fourth-order valence-corrected chi connectivity index (χ4v) is 3.35. The summed E-state index contributed by atoms with van der Waals surface area (Å²) in [7, 11) is 0.113. The zero-order valence-electron chi connectivity index (χ0n) is 12.9. The van der Waals surface area contributed by atoms with E-state index in [9.17, 15) is 4.57 Å². The molecular formula is C12H26N5O2P. The molecule has 7 nitrogen and oxygen atoms in total. The van der Waals surface area contributed by atoms with Crippen molar-refractivity contribution in [2.75, 3.05) is 26.4 Å². The molecule has 1 unspecified atom stereocenters. The molecule has 0 radical (unpaired) electrons. The standard InChI is InChI=1S/C12H26N5O2P/c1-5-7-8-9-11-14-12(13)17(15-11)20(18,16(3)4)19-10-6-2/h5-10H2,1-4H3,(H2,13,14,15). The molecule has 0 fully saturated rings. The summed E-state index contributed by atoms with van der Waals surface area (Å²) in [6.07, 6.45) is 4.77. The molecule has 0 aliphatic heterocycles. The Morgan fingerprint density at radius 1 is 1.30 bits per heavy atom. The van der Waals surface area contributed by atoms with Crippen molar-refractivity contribution in [3.8, 4) is 0 Å². The van der Waals surface area contributed by atoms with Gasteiger partial charge in [-0.05, 0) is 26.9 Å². The van der Waals surface area contributed by atoms with E-state index in [1.807, 2.05) is 6.92 Å². The Bertz CT molecular complexity index is 461. The minimum Gasteiger partial charge on any atom is -0.368 e. The Labute approximate surface area is 121 Å². The number of rotatable bonds is 9. The van der Waals surface area contributed by atoms with Crippen molar-refractivity contribution < 1.29 is 9.09 Å². The van der Waals surface area contributed by atoms with E-state index in [-0.39, 0.29) is 5.95 Å². The number of nitrogen functional groups attached to an aromatic ring is 1. The number of aryl methyl sites for hydroxylation is 1. The van der Waals surface area contributed by atoms with Crippen molar-refractivity contribution in [1.29, 1.82) is 0 Å². The molecule has 116 valence electrons. The van der Waals surface area contributed by atoms with Crippen molar-refractivity contribution in [3.05, 3.63) is 5.82 Å². The van der Waals surface area contributed by atoms with Crippen LogP contribution in [0.1, 0.15) is 45.4 Å². The third kappa shape index (κ3) is 4.04. The number of nitrogens with two attached hydrogens (primary N) is 1. The highest BCUT2D eigenvalue weighted by molar-refractivity contribution is 7.54. The van der Waals surface area contributed by atoms with Gasteiger partial charge < -0.3 is 10.3 Å². The first-order valence-corrected chi connectivity index (χ1v) is 8.63. The first-order chi connectivity index (χ1) is 9.45. The van der Waals surface area contributed by atoms with Gasteiger partial charge in [0.05, 0.1) is 6.61 Å². The van der Waals surface area contributed by atoms with E-state index in [2.05, 4.69) is 17.0 Å². The Morgan fingerprint density at radius 2 is 2.00 bits per heavy atom. The van der Waals surface area contributed by atoms with E-state index >= 15 is 0 Å². The van der Waals surface area contributed by atoms with Crippen LogP contribution in [-0.4, -0.2) is 39.9 Å². The van der Waals surface area contributed by atoms with Crippen molar-refractivity contribution in [2.24, 2.45) is 0 Å². The summed E-state index contributed by atoms with van der Waals surface area (Å²) in [5.41, 5.74) is 5.85. The topological polar surface area (TPSA) is 86.3 Å². The molecule has 0 aliphatic rings. The second kappa shape index (κ2) is 7.76. The number of unbranched alkanes of at least 4 members (excludes halogenated alkanes) is 2. The summed E-state index contributed by atoms with van der Waals surface area (Å²) in [5.74, 6) is 0.766. The van der Waals surface area contributed by atoms with Gasteiger partial charge in [-0.2, -0.15) is 4.98 Å². The quantitative estimate of drug-likeness (QED) is 0.557. The van der Waals surface area contributed by atoms with E-state index in [0.29, 0.717) is 12.4 Å². The largest absolute Gasteiger partial charge is 0.393 e. The number of hydrogen-bond acceptors (Lipinski definition) is 5. The van der Waals surface area contributed by atoms with Gasteiger partial charge in [0, 0.05) is 6.42 Å². The second-order valence-corrected chi connectivity index (χ2v) is 7.32. The highest BCUT2D eigenvalue weighted by Gasteiger charge is 2.33. The second-order valence-electron chi connectivity index (χ2n) is 4.90. The molecule has 8 heteroatoms. The maximum Gasteiger partial charge on any atom is 0.393 e. The predicted molar refractivity (Wildman–Crippen MR) is 80.6 cm³/mol. The summed E-state index contributed by atoms with van der Waals surface area (Å²) in [6.45, 7) is 4.49. The third-order valence-electron chi connectivity index (χ3n) is 2.87. The molecule has 0 spiro atoms. The predicted octanol–water partition coefficient (Wildman–Crippen LogP) is 2.54. The Kier molecular flexibility index (Phi) is 6.65. The van der Waals surface area contributed by atoms with Crippen molar-refractivity contribution in [1.82, 2.24) is 19.2 Å². The minimum atomic E-state index is -3.26. The molecule has 2 N–H and O–H groups in total. The molecule has 1 heterocycles. The number of anilines is 1. The lowest BCUT2D eigenvalue weighted by atomic mass is 10.2. The van der Waals surface area contributed by atoms with Crippen LogP contribution < -0.4 is 5.73 Å². The van der Waals surface area contributed by atoms with Crippen LogP contribution in [0.15, 0.2) is 0 Å². The summed E-state index contributed by atoms with van der Waals surface area (Å²) < 4.78 is 21.2. The summed E-state index contributed by atoms with van der Waals surface area (Å²) in [4.78, 5) is 4.19. The van der Waals surface area contributed by atoms with E-state index in [1.54, 1.807) is 14.1 Å². The highest BCUT2D eigenvalue weighted by atomic mass is 31.2. The molecule has 1 aromatic heterocycles. The lowest BCUT2D eigenvalue weighted by Gasteiger charge is -2.23. The minimum absolute atomic E-state index is 0.143. The lowest BCUT2D eigenvalue weighted by molar-refractivity contribution is 0.271. The zero-order valence-corrected chi connectivity index (χ0v) is 13.8. The number of nitrogens with zero attached hydrogens (tertiary/aromatic N) is 4. The van der Waals surface area contributed by atoms with Crippen LogP contribution >= 0.6 is 7.67 Å².